The molecule has 84 valence electrons. The summed E-state index contributed by atoms with van der Waals surface area (Å²) < 4.78 is 0. The van der Waals surface area contributed by atoms with Crippen LogP contribution in [0.2, 0.25) is 0 Å². The lowest BCUT2D eigenvalue weighted by Gasteiger charge is -2.31. The predicted octanol–water partition coefficient (Wildman–Crippen LogP) is 3.74. The maximum absolute atomic E-state index is 11.6. The van der Waals surface area contributed by atoms with Crippen LogP contribution in [0.3, 0.4) is 0 Å². The summed E-state index contributed by atoms with van der Waals surface area (Å²) in [6, 6.07) is 0. The van der Waals surface area contributed by atoms with Crippen LogP contribution >= 0.6 is 0 Å². The normalized spacial score (nSPS) is 40.6. The summed E-state index contributed by atoms with van der Waals surface area (Å²) in [4.78, 5) is 11.6. The van der Waals surface area contributed by atoms with Crippen molar-refractivity contribution in [3.05, 3.63) is 11.6 Å². The number of fused-ring (bicyclic) bond motifs is 1. The van der Waals surface area contributed by atoms with Crippen LogP contribution < -0.4 is 0 Å². The van der Waals surface area contributed by atoms with Crippen molar-refractivity contribution in [2.45, 2.75) is 52.9 Å². The first-order chi connectivity index (χ1) is 7.03. The Labute approximate surface area is 92.9 Å². The Kier molecular flexibility index (Phi) is 2.74. The third-order valence-electron chi connectivity index (χ3n) is 4.70. The molecule has 0 aromatic rings. The zero-order chi connectivity index (χ0) is 11.1. The maximum Gasteiger partial charge on any atom is 0.133 e. The molecule has 0 saturated heterocycles. The molecule has 0 aliphatic heterocycles. The second-order valence-corrected chi connectivity index (χ2v) is 5.81. The number of ketones is 1. The molecule has 1 fully saturated rings. The molecule has 2 rings (SSSR count). The van der Waals surface area contributed by atoms with Gasteiger partial charge in [0, 0.05) is 5.92 Å². The van der Waals surface area contributed by atoms with Crippen LogP contribution in [0.4, 0.5) is 0 Å². The Bertz CT molecular complexity index is 302. The van der Waals surface area contributed by atoms with Crippen LogP contribution in [-0.4, -0.2) is 5.78 Å². The summed E-state index contributed by atoms with van der Waals surface area (Å²) in [5.74, 6) is 1.42. The fourth-order valence-corrected chi connectivity index (χ4v) is 3.54. The van der Waals surface area contributed by atoms with E-state index in [-0.39, 0.29) is 0 Å². The minimum atomic E-state index is 0.356. The number of carbonyl (C=O) groups excluding carboxylic acids is 1. The molecular formula is C14H22O. The highest BCUT2D eigenvalue weighted by molar-refractivity contribution is 5.79. The zero-order valence-electron chi connectivity index (χ0n) is 10.2. The first-order valence-electron chi connectivity index (χ1n) is 6.19. The van der Waals surface area contributed by atoms with Gasteiger partial charge in [-0.25, -0.2) is 0 Å². The third kappa shape index (κ3) is 1.89. The van der Waals surface area contributed by atoms with E-state index in [0.717, 1.165) is 6.42 Å². The van der Waals surface area contributed by atoms with Gasteiger partial charge in [0.25, 0.3) is 0 Å². The van der Waals surface area contributed by atoms with Gasteiger partial charge in [-0.05, 0) is 57.3 Å². The quantitative estimate of drug-likeness (QED) is 0.597. The van der Waals surface area contributed by atoms with Gasteiger partial charge in [-0.15, -0.1) is 0 Å². The van der Waals surface area contributed by atoms with E-state index in [1.54, 1.807) is 6.92 Å². The molecule has 1 nitrogen and oxygen atoms in total. The van der Waals surface area contributed by atoms with E-state index < -0.39 is 0 Å². The number of allylic oxidation sites excluding steroid dienone is 2. The minimum Gasteiger partial charge on any atom is -0.300 e. The summed E-state index contributed by atoms with van der Waals surface area (Å²) in [5, 5.41) is 0. The number of Topliss-reactive ketones (excluding diaryl/α,β-unsaturated/α-hetero) is 1. The summed E-state index contributed by atoms with van der Waals surface area (Å²) in [6.45, 7) is 6.39. The Balaban J connectivity index is 2.22. The van der Waals surface area contributed by atoms with Crippen LogP contribution in [0, 0.1) is 17.3 Å². The Hall–Kier alpha value is -0.590. The van der Waals surface area contributed by atoms with Crippen molar-refractivity contribution in [2.24, 2.45) is 17.3 Å². The predicted molar refractivity (Wildman–Crippen MR) is 62.6 cm³/mol. The van der Waals surface area contributed by atoms with Crippen LogP contribution in [0.15, 0.2) is 11.6 Å². The van der Waals surface area contributed by atoms with E-state index >= 15 is 0 Å². The lowest BCUT2D eigenvalue weighted by atomic mass is 9.73. The molecule has 2 aliphatic rings. The average molecular weight is 206 g/mol. The molecule has 1 unspecified atom stereocenters. The largest absolute Gasteiger partial charge is 0.300 e. The summed E-state index contributed by atoms with van der Waals surface area (Å²) in [7, 11) is 0. The molecule has 0 aromatic carbocycles. The summed E-state index contributed by atoms with van der Waals surface area (Å²) >= 11 is 0. The van der Waals surface area contributed by atoms with Crippen LogP contribution in [0.1, 0.15) is 52.9 Å². The molecule has 1 saturated carbocycles. The molecule has 15 heavy (non-hydrogen) atoms. The molecule has 0 aromatic heterocycles. The topological polar surface area (TPSA) is 17.1 Å². The van der Waals surface area contributed by atoms with Crippen LogP contribution in [0.5, 0.6) is 0 Å². The van der Waals surface area contributed by atoms with E-state index in [9.17, 15) is 4.79 Å². The van der Waals surface area contributed by atoms with Gasteiger partial charge >= 0.3 is 0 Å². The van der Waals surface area contributed by atoms with Gasteiger partial charge < -0.3 is 0 Å². The van der Waals surface area contributed by atoms with Crippen molar-refractivity contribution in [2.75, 3.05) is 0 Å². The fourth-order valence-electron chi connectivity index (χ4n) is 3.54. The van der Waals surface area contributed by atoms with Crippen molar-refractivity contribution >= 4 is 5.78 Å². The molecule has 0 bridgehead atoms. The third-order valence-corrected chi connectivity index (χ3v) is 4.70. The average Bonchev–Trinajstić information content (AvgIpc) is 2.43. The second-order valence-electron chi connectivity index (χ2n) is 5.81. The van der Waals surface area contributed by atoms with Crippen molar-refractivity contribution < 1.29 is 4.79 Å². The van der Waals surface area contributed by atoms with E-state index in [4.69, 9.17) is 0 Å². The van der Waals surface area contributed by atoms with Crippen LogP contribution in [-0.2, 0) is 4.79 Å². The molecule has 1 heteroatoms. The van der Waals surface area contributed by atoms with Gasteiger partial charge in [-0.2, -0.15) is 0 Å². The highest BCUT2D eigenvalue weighted by atomic mass is 16.1. The molecule has 2 aliphatic carbocycles. The summed E-state index contributed by atoms with van der Waals surface area (Å²) in [5.41, 5.74) is 1.93. The molecule has 0 heterocycles. The van der Waals surface area contributed by atoms with Crippen molar-refractivity contribution in [3.8, 4) is 0 Å². The van der Waals surface area contributed by atoms with Gasteiger partial charge in [0.05, 0.1) is 0 Å². The van der Waals surface area contributed by atoms with Crippen LogP contribution in [0.25, 0.3) is 0 Å². The fraction of sp³-hybridized carbons (Fsp3) is 0.786. The highest BCUT2D eigenvalue weighted by Gasteiger charge is 2.46. The molecular weight excluding hydrogens is 184 g/mol. The van der Waals surface area contributed by atoms with Crippen molar-refractivity contribution in [1.29, 1.82) is 0 Å². The first-order valence-corrected chi connectivity index (χ1v) is 6.19. The number of rotatable bonds is 1. The summed E-state index contributed by atoms with van der Waals surface area (Å²) in [6.07, 6.45) is 8.39. The molecule has 0 radical (unpaired) electrons. The van der Waals surface area contributed by atoms with Gasteiger partial charge in [-0.3, -0.25) is 4.79 Å². The highest BCUT2D eigenvalue weighted by Crippen LogP contribution is 2.53. The number of hydrogen-bond donors (Lipinski definition) is 0. The van der Waals surface area contributed by atoms with Gasteiger partial charge in [-0.1, -0.05) is 18.6 Å². The minimum absolute atomic E-state index is 0.356. The van der Waals surface area contributed by atoms with Crippen molar-refractivity contribution in [1.82, 2.24) is 0 Å². The van der Waals surface area contributed by atoms with E-state index in [1.165, 1.54) is 31.3 Å². The van der Waals surface area contributed by atoms with E-state index in [1.807, 2.05) is 0 Å². The van der Waals surface area contributed by atoms with Gasteiger partial charge in [0.15, 0.2) is 0 Å². The van der Waals surface area contributed by atoms with E-state index in [2.05, 4.69) is 19.9 Å². The maximum atomic E-state index is 11.6. The Morgan fingerprint density at radius 1 is 1.47 bits per heavy atom. The Morgan fingerprint density at radius 3 is 2.87 bits per heavy atom. The standard InChI is InChI=1S/C14H22O/c1-10-4-5-13-12(11(2)15)7-9-14(13,3)8-6-10/h6,12-13H,4-5,7-9H2,1-3H3/t12-,13-,14?/m1/s1. The molecule has 0 N–H and O–H groups in total. The lowest BCUT2D eigenvalue weighted by Crippen LogP contribution is -2.27. The number of carbonyl (C=O) groups is 1. The van der Waals surface area contributed by atoms with Gasteiger partial charge in [0.2, 0.25) is 0 Å². The van der Waals surface area contributed by atoms with Crippen molar-refractivity contribution in [3.63, 3.8) is 0 Å². The zero-order valence-corrected chi connectivity index (χ0v) is 10.2. The molecule has 0 amide bonds. The molecule has 0 spiro atoms. The SMILES string of the molecule is CC(=O)[C@H]1CCC2(C)CC=C(C)CC[C@H]12. The van der Waals surface area contributed by atoms with Gasteiger partial charge in [0.1, 0.15) is 5.78 Å². The molecule has 3 atom stereocenters. The Morgan fingerprint density at radius 2 is 2.20 bits per heavy atom. The van der Waals surface area contributed by atoms with E-state index in [0.29, 0.717) is 23.0 Å². The number of hydrogen-bond acceptors (Lipinski definition) is 1. The second kappa shape index (κ2) is 3.77. The lowest BCUT2D eigenvalue weighted by molar-refractivity contribution is -0.122. The first kappa shape index (κ1) is 10.9. The monoisotopic (exact) mass is 206 g/mol. The smallest absolute Gasteiger partial charge is 0.133 e.